The van der Waals surface area contributed by atoms with Gasteiger partial charge in [0, 0.05) is 23.5 Å². The molecule has 0 unspecified atom stereocenters. The Hall–Kier alpha value is -4.04. The molecule has 2 aromatic heterocycles. The molecule has 0 atom stereocenters. The third kappa shape index (κ3) is 5.65. The van der Waals surface area contributed by atoms with E-state index < -0.39 is 0 Å². The van der Waals surface area contributed by atoms with Gasteiger partial charge in [-0.15, -0.1) is 0 Å². The van der Waals surface area contributed by atoms with Crippen molar-refractivity contribution in [2.75, 3.05) is 0 Å². The van der Waals surface area contributed by atoms with Gasteiger partial charge < -0.3 is 0 Å². The number of pyridine rings is 2. The topological polar surface area (TPSA) is 25.8 Å². The van der Waals surface area contributed by atoms with E-state index >= 15 is 0 Å². The van der Waals surface area contributed by atoms with Gasteiger partial charge in [0.05, 0.1) is 11.4 Å². The summed E-state index contributed by atoms with van der Waals surface area (Å²) in [6.07, 6.45) is 7.97. The lowest BCUT2D eigenvalue weighted by molar-refractivity contribution is 0.926. The van der Waals surface area contributed by atoms with Crippen molar-refractivity contribution >= 4 is 0 Å². The van der Waals surface area contributed by atoms with Crippen molar-refractivity contribution in [1.82, 2.24) is 9.97 Å². The Labute approximate surface area is 202 Å². The van der Waals surface area contributed by atoms with Gasteiger partial charge in [-0.1, -0.05) is 91.0 Å². The van der Waals surface area contributed by atoms with Crippen molar-refractivity contribution in [3.8, 4) is 22.5 Å². The summed E-state index contributed by atoms with van der Waals surface area (Å²) >= 11 is 0. The van der Waals surface area contributed by atoms with Crippen molar-refractivity contribution in [3.63, 3.8) is 0 Å². The molecule has 5 aromatic rings. The molecule has 2 heteroatoms. The Balaban J connectivity index is 1.16. The molecular weight excluding hydrogens is 412 g/mol. The Morgan fingerprint density at radius 1 is 0.412 bits per heavy atom. The second kappa shape index (κ2) is 10.7. The van der Waals surface area contributed by atoms with E-state index in [2.05, 4.69) is 94.9 Å². The summed E-state index contributed by atoms with van der Waals surface area (Å²) in [6, 6.07) is 38.5. The number of hydrogen-bond acceptors (Lipinski definition) is 2. The summed E-state index contributed by atoms with van der Waals surface area (Å²) in [4.78, 5) is 9.10. The maximum absolute atomic E-state index is 4.66. The predicted molar refractivity (Wildman–Crippen MR) is 141 cm³/mol. The first-order chi connectivity index (χ1) is 16.8. The normalized spacial score (nSPS) is 10.8. The Morgan fingerprint density at radius 3 is 1.71 bits per heavy atom. The van der Waals surface area contributed by atoms with Crippen molar-refractivity contribution in [3.05, 3.63) is 144 Å². The van der Waals surface area contributed by atoms with Crippen LogP contribution < -0.4 is 0 Å². The largest absolute Gasteiger partial charge is 0.256 e. The number of aromatic nitrogens is 2. The first kappa shape index (κ1) is 21.8. The van der Waals surface area contributed by atoms with Crippen LogP contribution >= 0.6 is 0 Å². The molecule has 0 aliphatic rings. The average molecular weight is 441 g/mol. The van der Waals surface area contributed by atoms with Crippen molar-refractivity contribution < 1.29 is 0 Å². The Morgan fingerprint density at radius 2 is 1.03 bits per heavy atom. The fraction of sp³-hybridized carbons (Fsp3) is 0.125. The molecule has 0 aliphatic heterocycles. The van der Waals surface area contributed by atoms with Crippen LogP contribution in [-0.4, -0.2) is 9.97 Å². The molecule has 0 radical (unpaired) electrons. The van der Waals surface area contributed by atoms with E-state index in [-0.39, 0.29) is 0 Å². The molecule has 0 aliphatic carbocycles. The third-order valence-corrected chi connectivity index (χ3v) is 6.20. The Bertz CT molecular complexity index is 1210. The molecule has 34 heavy (non-hydrogen) atoms. The highest BCUT2D eigenvalue weighted by atomic mass is 14.7. The first-order valence-corrected chi connectivity index (χ1v) is 11.9. The molecule has 0 amide bonds. The monoisotopic (exact) mass is 440 g/mol. The number of benzene rings is 3. The molecule has 0 spiro atoms. The van der Waals surface area contributed by atoms with E-state index in [0.717, 1.165) is 48.2 Å². The zero-order valence-electron chi connectivity index (χ0n) is 19.3. The smallest absolute Gasteiger partial charge is 0.0702 e. The van der Waals surface area contributed by atoms with Gasteiger partial charge in [-0.3, -0.25) is 9.97 Å². The van der Waals surface area contributed by atoms with E-state index in [0.29, 0.717) is 0 Å². The fourth-order valence-electron chi connectivity index (χ4n) is 4.25. The van der Waals surface area contributed by atoms with Gasteiger partial charge in [0.15, 0.2) is 0 Å². The fourth-order valence-corrected chi connectivity index (χ4v) is 4.25. The summed E-state index contributed by atoms with van der Waals surface area (Å²) < 4.78 is 0. The van der Waals surface area contributed by atoms with Crippen LogP contribution in [-0.2, 0) is 25.7 Å². The van der Waals surface area contributed by atoms with Crippen LogP contribution in [0.2, 0.25) is 0 Å². The minimum Gasteiger partial charge on any atom is -0.256 e. The summed E-state index contributed by atoms with van der Waals surface area (Å²) in [5.74, 6) is 0. The van der Waals surface area contributed by atoms with E-state index in [1.165, 1.54) is 22.3 Å². The summed E-state index contributed by atoms with van der Waals surface area (Å²) in [5, 5.41) is 0. The average Bonchev–Trinajstić information content (AvgIpc) is 2.93. The molecule has 0 saturated heterocycles. The molecular formula is C32H28N2. The molecule has 3 aromatic carbocycles. The first-order valence-electron chi connectivity index (χ1n) is 11.9. The molecule has 0 N–H and O–H groups in total. The molecule has 0 bridgehead atoms. The van der Waals surface area contributed by atoms with Crippen LogP contribution in [0.5, 0.6) is 0 Å². The highest BCUT2D eigenvalue weighted by molar-refractivity contribution is 5.59. The highest BCUT2D eigenvalue weighted by Crippen LogP contribution is 2.19. The lowest BCUT2D eigenvalue weighted by Gasteiger charge is -2.08. The molecule has 0 saturated carbocycles. The zero-order valence-corrected chi connectivity index (χ0v) is 19.3. The molecule has 2 nitrogen and oxygen atoms in total. The van der Waals surface area contributed by atoms with Crippen molar-refractivity contribution in [2.24, 2.45) is 0 Å². The second-order valence-electron chi connectivity index (χ2n) is 8.65. The second-order valence-corrected chi connectivity index (χ2v) is 8.65. The Kier molecular flexibility index (Phi) is 6.87. The van der Waals surface area contributed by atoms with E-state index in [1.807, 2.05) is 36.7 Å². The standard InChI is InChI=1S/C32H28N2/c1-2-9-29(10-3-1)32-21-18-28(24-34-32)15-14-27-8-6-7-26(23-27)13-12-25-16-19-30(20-17-25)31-11-4-5-22-33-31/h1-11,16-24H,12-15H2. The third-order valence-electron chi connectivity index (χ3n) is 6.20. The van der Waals surface area contributed by atoms with Gasteiger partial charge in [0.1, 0.15) is 0 Å². The van der Waals surface area contributed by atoms with Gasteiger partial charge in [-0.2, -0.15) is 0 Å². The maximum atomic E-state index is 4.66. The quantitative estimate of drug-likeness (QED) is 0.251. The van der Waals surface area contributed by atoms with E-state index in [4.69, 9.17) is 0 Å². The number of hydrogen-bond donors (Lipinski definition) is 0. The van der Waals surface area contributed by atoms with E-state index in [1.54, 1.807) is 0 Å². The molecule has 0 fully saturated rings. The van der Waals surface area contributed by atoms with E-state index in [9.17, 15) is 0 Å². The lowest BCUT2D eigenvalue weighted by Crippen LogP contribution is -1.96. The van der Waals surface area contributed by atoms with Crippen LogP contribution in [0.1, 0.15) is 22.3 Å². The number of aryl methyl sites for hydroxylation is 4. The van der Waals surface area contributed by atoms with Crippen LogP contribution in [0.3, 0.4) is 0 Å². The van der Waals surface area contributed by atoms with Crippen LogP contribution in [0.15, 0.2) is 122 Å². The van der Waals surface area contributed by atoms with Gasteiger partial charge in [0.2, 0.25) is 0 Å². The van der Waals surface area contributed by atoms with Crippen molar-refractivity contribution in [1.29, 1.82) is 0 Å². The SMILES string of the molecule is c1ccc(-c2ccc(CCc3cccc(CCc4ccc(-c5ccccn5)cc4)c3)cn2)cc1. The lowest BCUT2D eigenvalue weighted by atomic mass is 9.99. The predicted octanol–water partition coefficient (Wildman–Crippen LogP) is 7.38. The molecule has 166 valence electrons. The minimum absolute atomic E-state index is 1.00. The molecule has 2 heterocycles. The zero-order chi connectivity index (χ0) is 23.0. The molecule has 5 rings (SSSR count). The van der Waals surface area contributed by atoms with Crippen LogP contribution in [0.25, 0.3) is 22.5 Å². The minimum atomic E-state index is 1.00. The summed E-state index contributed by atoms with van der Waals surface area (Å²) in [6.45, 7) is 0. The maximum Gasteiger partial charge on any atom is 0.0702 e. The highest BCUT2D eigenvalue weighted by Gasteiger charge is 2.03. The van der Waals surface area contributed by atoms with Gasteiger partial charge in [-0.25, -0.2) is 0 Å². The summed E-state index contributed by atoms with van der Waals surface area (Å²) in [7, 11) is 0. The van der Waals surface area contributed by atoms with Gasteiger partial charge in [-0.05, 0) is 66.1 Å². The van der Waals surface area contributed by atoms with Crippen LogP contribution in [0, 0.1) is 0 Å². The summed E-state index contributed by atoms with van der Waals surface area (Å²) in [5.41, 5.74) is 9.78. The van der Waals surface area contributed by atoms with Gasteiger partial charge >= 0.3 is 0 Å². The van der Waals surface area contributed by atoms with Crippen LogP contribution in [0.4, 0.5) is 0 Å². The van der Waals surface area contributed by atoms with Gasteiger partial charge in [0.25, 0.3) is 0 Å². The van der Waals surface area contributed by atoms with Crippen molar-refractivity contribution in [2.45, 2.75) is 25.7 Å². The number of nitrogens with zero attached hydrogens (tertiary/aromatic N) is 2. The number of rotatable bonds is 8.